The molecule has 2 aromatic rings. The highest BCUT2D eigenvalue weighted by atomic mass is 35.5. The van der Waals surface area contributed by atoms with Crippen molar-refractivity contribution < 1.29 is 9.90 Å². The summed E-state index contributed by atoms with van der Waals surface area (Å²) in [6.45, 7) is 2.48. The summed E-state index contributed by atoms with van der Waals surface area (Å²) in [5.74, 6) is -0.828. The Morgan fingerprint density at radius 3 is 2.62 bits per heavy atom. The van der Waals surface area contributed by atoms with Crippen LogP contribution in [0.25, 0.3) is 0 Å². The number of rotatable bonds is 4. The van der Waals surface area contributed by atoms with Gasteiger partial charge < -0.3 is 10.4 Å². The molecule has 2 N–H and O–H groups in total. The minimum atomic E-state index is -0.472. The Labute approximate surface area is 166 Å². The van der Waals surface area contributed by atoms with Gasteiger partial charge >= 0.3 is 0 Å². The van der Waals surface area contributed by atoms with E-state index in [9.17, 15) is 9.90 Å². The lowest BCUT2D eigenvalue weighted by atomic mass is 10.0. The summed E-state index contributed by atoms with van der Waals surface area (Å²) < 4.78 is 0. The quantitative estimate of drug-likeness (QED) is 0.738. The maximum atomic E-state index is 12.5. The van der Waals surface area contributed by atoms with Crippen molar-refractivity contribution in [3.63, 3.8) is 0 Å². The molecule has 0 aliphatic carbocycles. The lowest BCUT2D eigenvalue weighted by Gasteiger charge is -2.32. The second kappa shape index (κ2) is 8.44. The van der Waals surface area contributed by atoms with Gasteiger partial charge in [0.2, 0.25) is 0 Å². The fourth-order valence-electron chi connectivity index (χ4n) is 3.01. The summed E-state index contributed by atoms with van der Waals surface area (Å²) in [5, 5.41) is 13.1. The largest absolute Gasteiger partial charge is 0.505 e. The number of amides is 1. The molecule has 0 radical (unpaired) electrons. The molecule has 1 saturated heterocycles. The lowest BCUT2D eigenvalue weighted by Crippen LogP contribution is -2.44. The Morgan fingerprint density at radius 1 is 1.23 bits per heavy atom. The van der Waals surface area contributed by atoms with Gasteiger partial charge in [0.05, 0.1) is 20.8 Å². The zero-order valence-electron chi connectivity index (χ0n) is 13.9. The summed E-state index contributed by atoms with van der Waals surface area (Å²) >= 11 is 17.9. The summed E-state index contributed by atoms with van der Waals surface area (Å²) in [6.07, 6.45) is 3.38. The molecular weight excluding hydrogens is 397 g/mol. The third kappa shape index (κ3) is 4.41. The first-order valence-electron chi connectivity index (χ1n) is 8.25. The molecule has 0 saturated carbocycles. The van der Waals surface area contributed by atoms with Crippen LogP contribution in [0.15, 0.2) is 30.5 Å². The predicted octanol–water partition coefficient (Wildman–Crippen LogP) is 4.14. The van der Waals surface area contributed by atoms with E-state index in [2.05, 4.69) is 15.2 Å². The van der Waals surface area contributed by atoms with E-state index in [1.807, 2.05) is 18.2 Å². The van der Waals surface area contributed by atoms with Gasteiger partial charge in [-0.2, -0.15) is 0 Å². The third-order valence-electron chi connectivity index (χ3n) is 4.41. The minimum absolute atomic E-state index is 0.00125. The van der Waals surface area contributed by atoms with Crippen LogP contribution in [0.2, 0.25) is 15.1 Å². The molecule has 0 atom stereocenters. The number of phenols is 1. The highest BCUT2D eigenvalue weighted by Gasteiger charge is 2.25. The molecule has 1 aromatic carbocycles. The molecule has 26 heavy (non-hydrogen) atoms. The highest BCUT2D eigenvalue weighted by molar-refractivity contribution is 6.45. The smallest absolute Gasteiger partial charge is 0.256 e. The van der Waals surface area contributed by atoms with E-state index in [4.69, 9.17) is 34.8 Å². The van der Waals surface area contributed by atoms with Crippen LogP contribution < -0.4 is 5.32 Å². The van der Waals surface area contributed by atoms with Crippen LogP contribution in [0.5, 0.6) is 5.75 Å². The molecule has 0 bridgehead atoms. The average molecular weight is 415 g/mol. The van der Waals surface area contributed by atoms with E-state index < -0.39 is 5.91 Å². The number of nitrogens with zero attached hydrogens (tertiary/aromatic N) is 2. The van der Waals surface area contributed by atoms with E-state index in [0.717, 1.165) is 38.2 Å². The molecule has 1 amide bonds. The molecule has 1 aliphatic heterocycles. The van der Waals surface area contributed by atoms with Gasteiger partial charge in [-0.3, -0.25) is 14.7 Å². The zero-order valence-corrected chi connectivity index (χ0v) is 16.2. The van der Waals surface area contributed by atoms with Crippen LogP contribution in [0.1, 0.15) is 28.9 Å². The number of hydrogen-bond acceptors (Lipinski definition) is 4. The Bertz CT molecular complexity index is 768. The number of piperidine rings is 1. The maximum absolute atomic E-state index is 12.5. The van der Waals surface area contributed by atoms with Gasteiger partial charge in [-0.05, 0) is 31.0 Å². The van der Waals surface area contributed by atoms with Crippen molar-refractivity contribution in [1.82, 2.24) is 15.2 Å². The van der Waals surface area contributed by atoms with Crippen LogP contribution in [-0.2, 0) is 6.54 Å². The highest BCUT2D eigenvalue weighted by Crippen LogP contribution is 2.38. The standard InChI is InChI=1S/C18H18Cl3N3O2/c19-13-9-14(20)17(25)15(16(13)21)18(26)23-11-4-7-24(8-5-11)10-12-3-1-2-6-22-12/h1-3,6,9,11,25H,4-5,7-8,10H2,(H,23,26). The molecule has 138 valence electrons. The van der Waals surface area contributed by atoms with Crippen molar-refractivity contribution in [2.45, 2.75) is 25.4 Å². The average Bonchev–Trinajstić information content (AvgIpc) is 2.63. The van der Waals surface area contributed by atoms with Crippen LogP contribution in [-0.4, -0.2) is 40.0 Å². The van der Waals surface area contributed by atoms with Crippen molar-refractivity contribution >= 4 is 40.7 Å². The summed E-state index contributed by atoms with van der Waals surface area (Å²) in [7, 11) is 0. The van der Waals surface area contributed by atoms with Crippen LogP contribution in [0.4, 0.5) is 0 Å². The SMILES string of the molecule is O=C(NC1CCN(Cc2ccccn2)CC1)c1c(O)c(Cl)cc(Cl)c1Cl. The number of carbonyl (C=O) groups excluding carboxylic acids is 1. The van der Waals surface area contributed by atoms with Crippen molar-refractivity contribution in [3.8, 4) is 5.75 Å². The van der Waals surface area contributed by atoms with E-state index in [1.54, 1.807) is 6.20 Å². The molecule has 0 spiro atoms. The second-order valence-electron chi connectivity index (χ2n) is 6.22. The lowest BCUT2D eigenvalue weighted by molar-refractivity contribution is 0.0906. The molecule has 0 unspecified atom stereocenters. The fourth-order valence-corrected chi connectivity index (χ4v) is 3.70. The number of likely N-dealkylation sites (tertiary alicyclic amines) is 1. The maximum Gasteiger partial charge on any atom is 0.256 e. The van der Waals surface area contributed by atoms with Gasteiger partial charge in [0.1, 0.15) is 11.3 Å². The Morgan fingerprint density at radius 2 is 1.96 bits per heavy atom. The van der Waals surface area contributed by atoms with Crippen LogP contribution in [0, 0.1) is 0 Å². The Hall–Kier alpha value is -1.53. The normalized spacial score (nSPS) is 15.8. The summed E-state index contributed by atoms with van der Waals surface area (Å²) in [6, 6.07) is 7.18. The number of halogens is 3. The van der Waals surface area contributed by atoms with E-state index in [0.29, 0.717) is 0 Å². The topological polar surface area (TPSA) is 65.5 Å². The van der Waals surface area contributed by atoms with E-state index in [-0.39, 0.29) is 32.4 Å². The monoisotopic (exact) mass is 413 g/mol. The number of carbonyl (C=O) groups is 1. The van der Waals surface area contributed by atoms with Crippen LogP contribution in [0.3, 0.4) is 0 Å². The van der Waals surface area contributed by atoms with Crippen LogP contribution >= 0.6 is 34.8 Å². The molecule has 1 fully saturated rings. The third-order valence-corrected chi connectivity index (χ3v) is 5.48. The number of aromatic hydroxyl groups is 1. The first-order chi connectivity index (χ1) is 12.5. The molecule has 2 heterocycles. The number of hydrogen-bond donors (Lipinski definition) is 2. The number of aromatic nitrogens is 1. The molecule has 5 nitrogen and oxygen atoms in total. The number of benzene rings is 1. The van der Waals surface area contributed by atoms with Gasteiger partial charge in [-0.15, -0.1) is 0 Å². The Kier molecular flexibility index (Phi) is 6.24. The van der Waals surface area contributed by atoms with Crippen molar-refractivity contribution in [2.24, 2.45) is 0 Å². The van der Waals surface area contributed by atoms with Gasteiger partial charge in [0.25, 0.3) is 5.91 Å². The first-order valence-corrected chi connectivity index (χ1v) is 9.38. The van der Waals surface area contributed by atoms with Crippen molar-refractivity contribution in [2.75, 3.05) is 13.1 Å². The van der Waals surface area contributed by atoms with Gasteiger partial charge in [0.15, 0.2) is 0 Å². The molecule has 1 aromatic heterocycles. The van der Waals surface area contributed by atoms with Gasteiger partial charge in [-0.1, -0.05) is 40.9 Å². The first kappa shape index (κ1) is 19.2. The number of nitrogens with one attached hydrogen (secondary N) is 1. The summed E-state index contributed by atoms with van der Waals surface area (Å²) in [4.78, 5) is 19.2. The molecule has 1 aliphatic rings. The molecule has 3 rings (SSSR count). The van der Waals surface area contributed by atoms with Crippen molar-refractivity contribution in [1.29, 1.82) is 0 Å². The predicted molar refractivity (Wildman–Crippen MR) is 103 cm³/mol. The van der Waals surface area contributed by atoms with Gasteiger partial charge in [-0.25, -0.2) is 0 Å². The van der Waals surface area contributed by atoms with E-state index >= 15 is 0 Å². The molecular formula is C18H18Cl3N3O2. The zero-order chi connectivity index (χ0) is 18.7. The second-order valence-corrected chi connectivity index (χ2v) is 7.42. The van der Waals surface area contributed by atoms with Crippen molar-refractivity contribution in [3.05, 3.63) is 56.8 Å². The van der Waals surface area contributed by atoms with E-state index in [1.165, 1.54) is 6.07 Å². The minimum Gasteiger partial charge on any atom is -0.505 e. The number of pyridine rings is 1. The fraction of sp³-hybridized carbons (Fsp3) is 0.333. The Balaban J connectivity index is 1.59. The molecule has 8 heteroatoms. The van der Waals surface area contributed by atoms with Gasteiger partial charge in [0, 0.05) is 31.9 Å². The summed E-state index contributed by atoms with van der Waals surface area (Å²) in [5.41, 5.74) is 0.945. The number of phenolic OH excluding ortho intramolecular Hbond substituents is 1.